The van der Waals surface area contributed by atoms with Gasteiger partial charge in [-0.1, -0.05) is 57.8 Å². The van der Waals surface area contributed by atoms with Gasteiger partial charge in [0.2, 0.25) is 0 Å². The van der Waals surface area contributed by atoms with Crippen molar-refractivity contribution in [2.75, 3.05) is 19.6 Å². The van der Waals surface area contributed by atoms with Gasteiger partial charge in [-0.15, -0.1) is 0 Å². The van der Waals surface area contributed by atoms with E-state index in [9.17, 15) is 10.2 Å². The summed E-state index contributed by atoms with van der Waals surface area (Å²) in [5, 5.41) is 28.0. The molecule has 0 aromatic rings. The van der Waals surface area contributed by atoms with Gasteiger partial charge in [0.05, 0.1) is 12.2 Å². The first kappa shape index (κ1) is 21.5. The average molecular weight is 381 g/mol. The Morgan fingerprint density at radius 2 is 1.22 bits per heavy atom. The molecule has 0 saturated heterocycles. The Kier molecular flexibility index (Phi) is 9.37. The van der Waals surface area contributed by atoms with Gasteiger partial charge in [-0.2, -0.15) is 0 Å². The van der Waals surface area contributed by atoms with Crippen molar-refractivity contribution in [3.8, 4) is 0 Å². The summed E-state index contributed by atoms with van der Waals surface area (Å²) in [6.45, 7) is 2.92. The van der Waals surface area contributed by atoms with Crippen LogP contribution in [0.1, 0.15) is 89.9 Å². The number of rotatable bonds is 9. The Labute approximate surface area is 166 Å². The quantitative estimate of drug-likeness (QED) is 0.493. The minimum atomic E-state index is -0.105. The Hall–Kier alpha value is -0.160. The lowest BCUT2D eigenvalue weighted by molar-refractivity contribution is 0.0650. The SMILES string of the molecule is OC1CCCCC1CNCC(CC1CCCCC1)NCC1CCCCC1O. The maximum absolute atomic E-state index is 10.3. The zero-order chi connectivity index (χ0) is 18.9. The second-order valence-corrected chi connectivity index (χ2v) is 9.73. The molecule has 0 aromatic heterocycles. The maximum Gasteiger partial charge on any atom is 0.0580 e. The van der Waals surface area contributed by atoms with E-state index in [1.54, 1.807) is 0 Å². The molecule has 3 aliphatic rings. The van der Waals surface area contributed by atoms with Crippen LogP contribution in [-0.4, -0.2) is 48.1 Å². The van der Waals surface area contributed by atoms with Crippen LogP contribution in [0.5, 0.6) is 0 Å². The van der Waals surface area contributed by atoms with Gasteiger partial charge in [-0.3, -0.25) is 0 Å². The maximum atomic E-state index is 10.3. The van der Waals surface area contributed by atoms with E-state index in [2.05, 4.69) is 10.6 Å². The van der Waals surface area contributed by atoms with Crippen molar-refractivity contribution in [2.45, 2.75) is 108 Å². The highest BCUT2D eigenvalue weighted by atomic mass is 16.3. The summed E-state index contributed by atoms with van der Waals surface area (Å²) in [4.78, 5) is 0. The molecule has 0 amide bonds. The number of hydrogen-bond acceptors (Lipinski definition) is 4. The van der Waals surface area contributed by atoms with Crippen LogP contribution in [0.2, 0.25) is 0 Å². The molecule has 4 nitrogen and oxygen atoms in total. The highest BCUT2D eigenvalue weighted by Gasteiger charge is 2.26. The van der Waals surface area contributed by atoms with E-state index in [4.69, 9.17) is 0 Å². The number of aliphatic hydroxyl groups is 2. The van der Waals surface area contributed by atoms with Gasteiger partial charge in [0.25, 0.3) is 0 Å². The van der Waals surface area contributed by atoms with E-state index in [1.165, 1.54) is 77.0 Å². The highest BCUT2D eigenvalue weighted by Crippen LogP contribution is 2.28. The first-order valence-electron chi connectivity index (χ1n) is 12.0. The summed E-state index contributed by atoms with van der Waals surface area (Å²) < 4.78 is 0. The molecule has 0 bridgehead atoms. The molecule has 4 heteroatoms. The van der Waals surface area contributed by atoms with Crippen LogP contribution in [0, 0.1) is 17.8 Å². The molecule has 0 radical (unpaired) electrons. The fourth-order valence-electron chi connectivity index (χ4n) is 5.68. The molecule has 27 heavy (non-hydrogen) atoms. The Bertz CT molecular complexity index is 400. The van der Waals surface area contributed by atoms with Crippen molar-refractivity contribution in [1.29, 1.82) is 0 Å². The van der Waals surface area contributed by atoms with Crippen molar-refractivity contribution >= 4 is 0 Å². The molecular weight excluding hydrogens is 336 g/mol. The van der Waals surface area contributed by atoms with Gasteiger partial charge in [0.1, 0.15) is 0 Å². The van der Waals surface area contributed by atoms with Crippen molar-refractivity contribution in [2.24, 2.45) is 17.8 Å². The van der Waals surface area contributed by atoms with E-state index in [1.807, 2.05) is 0 Å². The van der Waals surface area contributed by atoms with Crippen LogP contribution >= 0.6 is 0 Å². The molecule has 0 heterocycles. The summed E-state index contributed by atoms with van der Waals surface area (Å²) in [5.41, 5.74) is 0. The predicted octanol–water partition coefficient (Wildman–Crippen LogP) is 3.61. The molecule has 158 valence electrons. The molecule has 0 spiro atoms. The molecule has 0 aromatic carbocycles. The molecule has 5 atom stereocenters. The number of nitrogens with one attached hydrogen (secondary N) is 2. The summed E-state index contributed by atoms with van der Waals surface area (Å²) in [5.74, 6) is 1.75. The predicted molar refractivity (Wildman–Crippen MR) is 112 cm³/mol. The third-order valence-electron chi connectivity index (χ3n) is 7.55. The summed E-state index contributed by atoms with van der Waals surface area (Å²) in [6.07, 6.45) is 17.3. The smallest absolute Gasteiger partial charge is 0.0580 e. The number of aliphatic hydroxyl groups excluding tert-OH is 2. The largest absolute Gasteiger partial charge is 0.393 e. The van der Waals surface area contributed by atoms with Gasteiger partial charge in [-0.25, -0.2) is 0 Å². The minimum Gasteiger partial charge on any atom is -0.393 e. The standard InChI is InChI=1S/C23H44N2O2/c26-22-12-6-4-10-19(22)15-24-17-21(14-18-8-2-1-3-9-18)25-16-20-11-5-7-13-23(20)27/h18-27H,1-17H2. The van der Waals surface area contributed by atoms with Crippen LogP contribution in [-0.2, 0) is 0 Å². The molecule has 5 unspecified atom stereocenters. The van der Waals surface area contributed by atoms with Crippen LogP contribution < -0.4 is 10.6 Å². The minimum absolute atomic E-state index is 0.103. The molecule has 3 fully saturated rings. The van der Waals surface area contributed by atoms with Crippen molar-refractivity contribution < 1.29 is 10.2 Å². The zero-order valence-electron chi connectivity index (χ0n) is 17.4. The van der Waals surface area contributed by atoms with Gasteiger partial charge in [0, 0.05) is 25.7 Å². The van der Waals surface area contributed by atoms with Gasteiger partial charge >= 0.3 is 0 Å². The van der Waals surface area contributed by atoms with E-state index in [0.29, 0.717) is 17.9 Å². The third kappa shape index (κ3) is 7.30. The van der Waals surface area contributed by atoms with Crippen LogP contribution in [0.3, 0.4) is 0 Å². The highest BCUT2D eigenvalue weighted by molar-refractivity contribution is 4.83. The van der Waals surface area contributed by atoms with Gasteiger partial charge in [0.15, 0.2) is 0 Å². The lowest BCUT2D eigenvalue weighted by Crippen LogP contribution is -2.46. The van der Waals surface area contributed by atoms with Crippen LogP contribution in [0.25, 0.3) is 0 Å². The Morgan fingerprint density at radius 3 is 1.85 bits per heavy atom. The van der Waals surface area contributed by atoms with Crippen molar-refractivity contribution in [3.63, 3.8) is 0 Å². The van der Waals surface area contributed by atoms with E-state index < -0.39 is 0 Å². The van der Waals surface area contributed by atoms with Crippen LogP contribution in [0.4, 0.5) is 0 Å². The second-order valence-electron chi connectivity index (χ2n) is 9.73. The lowest BCUT2D eigenvalue weighted by atomic mass is 9.83. The first-order valence-corrected chi connectivity index (χ1v) is 12.0. The Morgan fingerprint density at radius 1 is 0.667 bits per heavy atom. The van der Waals surface area contributed by atoms with E-state index in [0.717, 1.165) is 38.4 Å². The van der Waals surface area contributed by atoms with Crippen molar-refractivity contribution in [3.05, 3.63) is 0 Å². The molecule has 3 rings (SSSR count). The van der Waals surface area contributed by atoms with Crippen molar-refractivity contribution in [1.82, 2.24) is 10.6 Å². The fraction of sp³-hybridized carbons (Fsp3) is 1.00. The van der Waals surface area contributed by atoms with E-state index in [-0.39, 0.29) is 12.2 Å². The molecular formula is C23H44N2O2. The molecule has 3 aliphatic carbocycles. The zero-order valence-corrected chi connectivity index (χ0v) is 17.4. The van der Waals surface area contributed by atoms with Gasteiger partial charge < -0.3 is 20.8 Å². The topological polar surface area (TPSA) is 64.5 Å². The summed E-state index contributed by atoms with van der Waals surface area (Å²) in [7, 11) is 0. The first-order chi connectivity index (χ1) is 13.2. The Balaban J connectivity index is 1.44. The fourth-order valence-corrected chi connectivity index (χ4v) is 5.68. The molecule has 3 saturated carbocycles. The number of hydrogen-bond donors (Lipinski definition) is 4. The normalized spacial score (nSPS) is 34.4. The monoisotopic (exact) mass is 380 g/mol. The molecule has 0 aliphatic heterocycles. The average Bonchev–Trinajstić information content (AvgIpc) is 2.69. The second kappa shape index (κ2) is 11.7. The third-order valence-corrected chi connectivity index (χ3v) is 7.55. The van der Waals surface area contributed by atoms with Crippen LogP contribution in [0.15, 0.2) is 0 Å². The van der Waals surface area contributed by atoms with Gasteiger partial charge in [-0.05, 0) is 49.9 Å². The molecule has 4 N–H and O–H groups in total. The summed E-state index contributed by atoms with van der Waals surface area (Å²) >= 11 is 0. The lowest BCUT2D eigenvalue weighted by Gasteiger charge is -2.33. The summed E-state index contributed by atoms with van der Waals surface area (Å²) in [6, 6.07) is 0.503. The van der Waals surface area contributed by atoms with E-state index >= 15 is 0 Å².